The first-order valence-electron chi connectivity index (χ1n) is 7.97. The number of amides is 2. The summed E-state index contributed by atoms with van der Waals surface area (Å²) >= 11 is 11.8. The zero-order valence-electron chi connectivity index (χ0n) is 13.7. The van der Waals surface area contributed by atoms with E-state index in [4.69, 9.17) is 28.9 Å². The van der Waals surface area contributed by atoms with Gasteiger partial charge in [0.25, 0.3) is 0 Å². The van der Waals surface area contributed by atoms with Crippen molar-refractivity contribution in [2.75, 3.05) is 0 Å². The minimum absolute atomic E-state index is 0.0525. The summed E-state index contributed by atoms with van der Waals surface area (Å²) in [5.74, 6) is -0.552. The molecular formula is C18H16Cl2N4O2. The Morgan fingerprint density at radius 1 is 1.23 bits per heavy atom. The smallest absolute Gasteiger partial charge is 0.248 e. The van der Waals surface area contributed by atoms with Crippen molar-refractivity contribution in [2.45, 2.75) is 24.9 Å². The lowest BCUT2D eigenvalue weighted by molar-refractivity contribution is -0.136. The second-order valence-corrected chi connectivity index (χ2v) is 6.61. The molecule has 0 aliphatic heterocycles. The number of aromatic nitrogens is 2. The third-order valence-corrected chi connectivity index (χ3v) is 4.35. The van der Waals surface area contributed by atoms with Gasteiger partial charge in [-0.2, -0.15) is 0 Å². The van der Waals surface area contributed by atoms with Crippen molar-refractivity contribution in [1.82, 2.24) is 14.9 Å². The number of nitrogens with zero attached hydrogens (tertiary/aromatic N) is 3. The highest BCUT2D eigenvalue weighted by molar-refractivity contribution is 6.31. The van der Waals surface area contributed by atoms with Crippen molar-refractivity contribution in [3.8, 4) is 11.4 Å². The molecule has 1 aliphatic carbocycles. The van der Waals surface area contributed by atoms with Crippen LogP contribution in [0, 0.1) is 0 Å². The largest absolute Gasteiger partial charge is 0.368 e. The zero-order chi connectivity index (χ0) is 18.7. The fourth-order valence-electron chi connectivity index (χ4n) is 2.82. The molecular weight excluding hydrogens is 375 g/mol. The van der Waals surface area contributed by atoms with Crippen LogP contribution in [0.2, 0.25) is 5.02 Å². The lowest BCUT2D eigenvalue weighted by Crippen LogP contribution is -2.42. The Balaban J connectivity index is 2.07. The molecule has 0 spiro atoms. The number of carbonyl (C=O) groups excluding carboxylic acids is 2. The first-order chi connectivity index (χ1) is 12.5. The fraction of sp³-hybridized carbons (Fsp3) is 0.222. The fourth-order valence-corrected chi connectivity index (χ4v) is 3.17. The maximum absolute atomic E-state index is 12.5. The number of carbonyl (C=O) groups is 2. The molecule has 0 saturated heterocycles. The van der Waals surface area contributed by atoms with Crippen LogP contribution in [0.4, 0.5) is 0 Å². The van der Waals surface area contributed by atoms with E-state index in [1.807, 2.05) is 0 Å². The van der Waals surface area contributed by atoms with Crippen LogP contribution in [-0.2, 0) is 9.59 Å². The van der Waals surface area contributed by atoms with Gasteiger partial charge < -0.3 is 10.6 Å². The quantitative estimate of drug-likeness (QED) is 0.767. The van der Waals surface area contributed by atoms with Gasteiger partial charge in [0, 0.05) is 40.6 Å². The third kappa shape index (κ3) is 4.03. The predicted molar refractivity (Wildman–Crippen MR) is 99.3 cm³/mol. The Labute approximate surface area is 160 Å². The average Bonchev–Trinajstić information content (AvgIpc) is 3.44. The highest BCUT2D eigenvalue weighted by Crippen LogP contribution is 2.36. The van der Waals surface area contributed by atoms with Gasteiger partial charge >= 0.3 is 0 Å². The van der Waals surface area contributed by atoms with E-state index in [1.165, 1.54) is 11.0 Å². The highest BCUT2D eigenvalue weighted by atomic mass is 35.5. The summed E-state index contributed by atoms with van der Waals surface area (Å²) in [5.41, 5.74) is 7.91. The molecule has 2 amide bonds. The van der Waals surface area contributed by atoms with Crippen LogP contribution in [0.15, 0.2) is 48.3 Å². The first kappa shape index (κ1) is 18.4. The maximum Gasteiger partial charge on any atom is 0.248 e. The summed E-state index contributed by atoms with van der Waals surface area (Å²) in [5, 5.41) is 0.396. The van der Waals surface area contributed by atoms with E-state index in [1.54, 1.807) is 36.7 Å². The van der Waals surface area contributed by atoms with E-state index in [0.29, 0.717) is 22.0 Å². The molecule has 0 radical (unpaired) electrons. The molecule has 6 nitrogen and oxygen atoms in total. The Bertz CT molecular complexity index is 854. The SMILES string of the molecule is NC(=O)[C@@H](c1cc(Cl)cc(-c2ncccn2)c1)N(C(=O)/C=C\Cl)C1CC1. The van der Waals surface area contributed by atoms with Gasteiger partial charge in [-0.3, -0.25) is 9.59 Å². The summed E-state index contributed by atoms with van der Waals surface area (Å²) in [6, 6.07) is 5.74. The topological polar surface area (TPSA) is 89.2 Å². The molecule has 3 rings (SSSR count). The minimum atomic E-state index is -0.955. The van der Waals surface area contributed by atoms with Gasteiger partial charge in [-0.15, -0.1) is 0 Å². The zero-order valence-corrected chi connectivity index (χ0v) is 15.2. The van der Waals surface area contributed by atoms with Gasteiger partial charge in [-0.1, -0.05) is 23.2 Å². The van der Waals surface area contributed by atoms with Gasteiger partial charge in [-0.25, -0.2) is 9.97 Å². The molecule has 2 N–H and O–H groups in total. The molecule has 1 heterocycles. The second-order valence-electron chi connectivity index (χ2n) is 5.92. The Kier molecular flexibility index (Phi) is 5.54. The summed E-state index contributed by atoms with van der Waals surface area (Å²) in [7, 11) is 0. The molecule has 134 valence electrons. The standard InChI is InChI=1S/C18H16Cl2N4O2/c19-5-4-15(25)24(14-2-3-14)16(17(21)26)11-8-12(10-13(20)9-11)18-22-6-1-7-23-18/h1,4-10,14,16H,2-3H2,(H2,21,26)/b5-4-/t16-/m1/s1. The molecule has 2 aromatic rings. The monoisotopic (exact) mass is 390 g/mol. The van der Waals surface area contributed by atoms with Crippen molar-refractivity contribution in [3.63, 3.8) is 0 Å². The van der Waals surface area contributed by atoms with Crippen LogP contribution in [0.25, 0.3) is 11.4 Å². The average molecular weight is 391 g/mol. The van der Waals surface area contributed by atoms with Crippen molar-refractivity contribution in [3.05, 3.63) is 58.9 Å². The number of hydrogen-bond donors (Lipinski definition) is 1. The van der Waals surface area contributed by atoms with Gasteiger partial charge in [0.1, 0.15) is 6.04 Å². The van der Waals surface area contributed by atoms with Gasteiger partial charge in [0.2, 0.25) is 11.8 Å². The van der Waals surface area contributed by atoms with E-state index < -0.39 is 11.9 Å². The number of halogens is 2. The van der Waals surface area contributed by atoms with Crippen LogP contribution in [0.3, 0.4) is 0 Å². The minimum Gasteiger partial charge on any atom is -0.368 e. The normalized spacial score (nSPS) is 15.0. The van der Waals surface area contributed by atoms with Crippen LogP contribution in [-0.4, -0.2) is 32.7 Å². The molecule has 0 unspecified atom stereocenters. The molecule has 1 aliphatic rings. The third-order valence-electron chi connectivity index (χ3n) is 4.01. The molecule has 8 heteroatoms. The number of nitrogens with two attached hydrogens (primary N) is 1. The molecule has 26 heavy (non-hydrogen) atoms. The summed E-state index contributed by atoms with van der Waals surface area (Å²) < 4.78 is 0. The van der Waals surface area contributed by atoms with E-state index in [0.717, 1.165) is 18.4 Å². The first-order valence-corrected chi connectivity index (χ1v) is 8.79. The number of benzene rings is 1. The Morgan fingerprint density at radius 2 is 1.92 bits per heavy atom. The van der Waals surface area contributed by atoms with Crippen molar-refractivity contribution in [2.24, 2.45) is 5.73 Å². The lowest BCUT2D eigenvalue weighted by Gasteiger charge is -2.29. The Hall–Kier alpha value is -2.44. The molecule has 1 aromatic carbocycles. The van der Waals surface area contributed by atoms with Crippen molar-refractivity contribution in [1.29, 1.82) is 0 Å². The maximum atomic E-state index is 12.5. The van der Waals surface area contributed by atoms with Crippen molar-refractivity contribution < 1.29 is 9.59 Å². The van der Waals surface area contributed by atoms with E-state index in [9.17, 15) is 9.59 Å². The molecule has 1 saturated carbocycles. The Morgan fingerprint density at radius 3 is 2.50 bits per heavy atom. The lowest BCUT2D eigenvalue weighted by atomic mass is 10.0. The van der Waals surface area contributed by atoms with E-state index in [-0.39, 0.29) is 11.9 Å². The summed E-state index contributed by atoms with van der Waals surface area (Å²) in [6.45, 7) is 0. The summed E-state index contributed by atoms with van der Waals surface area (Å²) in [6.07, 6.45) is 6.04. The highest BCUT2D eigenvalue weighted by Gasteiger charge is 2.40. The van der Waals surface area contributed by atoms with Gasteiger partial charge in [-0.05, 0) is 42.7 Å². The predicted octanol–water partition coefficient (Wildman–Crippen LogP) is 3.07. The van der Waals surface area contributed by atoms with Crippen LogP contribution in [0.5, 0.6) is 0 Å². The second kappa shape index (κ2) is 7.85. The molecule has 0 bridgehead atoms. The van der Waals surface area contributed by atoms with Crippen LogP contribution >= 0.6 is 23.2 Å². The van der Waals surface area contributed by atoms with Gasteiger partial charge in [0.05, 0.1) is 0 Å². The number of primary amides is 1. The number of rotatable bonds is 6. The molecule has 1 aromatic heterocycles. The van der Waals surface area contributed by atoms with E-state index >= 15 is 0 Å². The van der Waals surface area contributed by atoms with Crippen LogP contribution < -0.4 is 5.73 Å². The van der Waals surface area contributed by atoms with E-state index in [2.05, 4.69) is 9.97 Å². The molecule has 1 fully saturated rings. The summed E-state index contributed by atoms with van der Waals surface area (Å²) in [4.78, 5) is 34.6. The van der Waals surface area contributed by atoms with Crippen LogP contribution in [0.1, 0.15) is 24.4 Å². The van der Waals surface area contributed by atoms with Gasteiger partial charge in [0.15, 0.2) is 5.82 Å². The van der Waals surface area contributed by atoms with Crippen molar-refractivity contribution >= 4 is 35.0 Å². The molecule has 1 atom stereocenters. The number of hydrogen-bond acceptors (Lipinski definition) is 4.